The second-order valence-electron chi connectivity index (χ2n) is 4.92. The normalized spacial score (nSPS) is 10.6. The van der Waals surface area contributed by atoms with E-state index in [1.54, 1.807) is 36.0 Å². The van der Waals surface area contributed by atoms with Crippen LogP contribution in [0.1, 0.15) is 27.0 Å². The Labute approximate surface area is 129 Å². The van der Waals surface area contributed by atoms with Crippen LogP contribution in [0, 0.1) is 13.8 Å². The first-order valence-electron chi connectivity index (χ1n) is 6.48. The summed E-state index contributed by atoms with van der Waals surface area (Å²) in [6, 6.07) is 13.6. The van der Waals surface area contributed by atoms with Crippen LogP contribution in [-0.2, 0) is 5.75 Å². The lowest BCUT2D eigenvalue weighted by atomic mass is 10.1. The molecule has 0 saturated heterocycles. The number of carbonyl (C=O) groups is 1. The lowest BCUT2D eigenvalue weighted by Gasteiger charge is -2.05. The zero-order valence-electron chi connectivity index (χ0n) is 11.7. The molecule has 2 aromatic rings. The predicted molar refractivity (Wildman–Crippen MR) is 87.9 cm³/mol. The zero-order valence-corrected chi connectivity index (χ0v) is 13.2. The topological polar surface area (TPSA) is 17.1 Å². The molecule has 0 fully saturated rings. The molecule has 0 N–H and O–H groups in total. The first kappa shape index (κ1) is 15.1. The van der Waals surface area contributed by atoms with Crippen LogP contribution in [0.25, 0.3) is 0 Å². The fourth-order valence-corrected chi connectivity index (χ4v) is 3.12. The predicted octanol–water partition coefficient (Wildman–Crippen LogP) is 5.07. The second kappa shape index (κ2) is 6.96. The highest BCUT2D eigenvalue weighted by Gasteiger charge is 2.06. The Morgan fingerprint density at radius 1 is 1.05 bits per heavy atom. The Morgan fingerprint density at radius 3 is 2.25 bits per heavy atom. The molecule has 0 heterocycles. The third-order valence-corrected chi connectivity index (χ3v) is 4.21. The van der Waals surface area contributed by atoms with Crippen molar-refractivity contribution in [2.24, 2.45) is 0 Å². The highest BCUT2D eigenvalue weighted by atomic mass is 35.5. The Bertz CT molecular complexity index is 585. The van der Waals surface area contributed by atoms with Crippen LogP contribution in [-0.4, -0.2) is 11.5 Å². The van der Waals surface area contributed by atoms with Gasteiger partial charge in [0, 0.05) is 16.3 Å². The number of ketones is 1. The van der Waals surface area contributed by atoms with Crippen molar-refractivity contribution in [3.8, 4) is 0 Å². The van der Waals surface area contributed by atoms with E-state index >= 15 is 0 Å². The highest BCUT2D eigenvalue weighted by molar-refractivity contribution is 7.99. The largest absolute Gasteiger partial charge is 0.293 e. The second-order valence-corrected chi connectivity index (χ2v) is 6.34. The molecule has 0 aliphatic heterocycles. The lowest BCUT2D eigenvalue weighted by molar-refractivity contribution is 0.102. The summed E-state index contributed by atoms with van der Waals surface area (Å²) in [5.74, 6) is 1.51. The first-order valence-corrected chi connectivity index (χ1v) is 8.01. The van der Waals surface area contributed by atoms with Gasteiger partial charge < -0.3 is 0 Å². The van der Waals surface area contributed by atoms with Gasteiger partial charge in [-0.25, -0.2) is 0 Å². The molecule has 0 spiro atoms. The minimum Gasteiger partial charge on any atom is -0.293 e. The fourth-order valence-electron chi connectivity index (χ4n) is 2.13. The average molecular weight is 305 g/mol. The van der Waals surface area contributed by atoms with E-state index in [0.717, 1.165) is 11.3 Å². The molecule has 104 valence electrons. The molecule has 0 aliphatic rings. The highest BCUT2D eigenvalue weighted by Crippen LogP contribution is 2.18. The van der Waals surface area contributed by atoms with Gasteiger partial charge in [0.25, 0.3) is 0 Å². The molecular weight excluding hydrogens is 288 g/mol. The van der Waals surface area contributed by atoms with E-state index in [2.05, 4.69) is 32.0 Å². The van der Waals surface area contributed by atoms with Crippen LogP contribution in [0.4, 0.5) is 0 Å². The van der Waals surface area contributed by atoms with Crippen LogP contribution in [0.5, 0.6) is 0 Å². The number of rotatable bonds is 5. The van der Waals surface area contributed by atoms with Crippen LogP contribution in [0.2, 0.25) is 5.02 Å². The minimum absolute atomic E-state index is 0.149. The number of benzene rings is 2. The number of hydrogen-bond acceptors (Lipinski definition) is 2. The number of halogens is 1. The molecule has 0 radical (unpaired) electrons. The summed E-state index contributed by atoms with van der Waals surface area (Å²) in [6.45, 7) is 4.19. The van der Waals surface area contributed by atoms with Crippen molar-refractivity contribution in [1.82, 2.24) is 0 Å². The molecular formula is C17H17ClOS. The number of carbonyl (C=O) groups excluding carboxylic acids is 1. The van der Waals surface area contributed by atoms with Gasteiger partial charge in [0.1, 0.15) is 0 Å². The molecule has 0 atom stereocenters. The maximum Gasteiger partial charge on any atom is 0.172 e. The molecule has 0 aliphatic carbocycles. The molecule has 2 rings (SSSR count). The molecule has 0 aromatic heterocycles. The zero-order chi connectivity index (χ0) is 14.5. The minimum atomic E-state index is 0.149. The van der Waals surface area contributed by atoms with E-state index in [1.807, 2.05) is 0 Å². The maximum atomic E-state index is 12.0. The van der Waals surface area contributed by atoms with Crippen LogP contribution < -0.4 is 0 Å². The summed E-state index contributed by atoms with van der Waals surface area (Å²) in [5.41, 5.74) is 4.54. The molecule has 20 heavy (non-hydrogen) atoms. The molecule has 2 aromatic carbocycles. The van der Waals surface area contributed by atoms with Crippen molar-refractivity contribution < 1.29 is 4.79 Å². The van der Waals surface area contributed by atoms with Crippen molar-refractivity contribution >= 4 is 29.1 Å². The Kier molecular flexibility index (Phi) is 5.27. The van der Waals surface area contributed by atoms with Gasteiger partial charge in [0.2, 0.25) is 0 Å². The Morgan fingerprint density at radius 2 is 1.65 bits per heavy atom. The summed E-state index contributed by atoms with van der Waals surface area (Å²) >= 11 is 7.46. The van der Waals surface area contributed by atoms with E-state index in [9.17, 15) is 4.79 Å². The summed E-state index contributed by atoms with van der Waals surface area (Å²) in [6.07, 6.45) is 0. The number of thioether (sulfide) groups is 1. The van der Waals surface area contributed by atoms with E-state index in [4.69, 9.17) is 11.6 Å². The monoisotopic (exact) mass is 304 g/mol. The summed E-state index contributed by atoms with van der Waals surface area (Å²) < 4.78 is 0. The number of aryl methyl sites for hydroxylation is 2. The van der Waals surface area contributed by atoms with Gasteiger partial charge in [-0.05, 0) is 43.7 Å². The first-order chi connectivity index (χ1) is 9.54. The smallest absolute Gasteiger partial charge is 0.172 e. The lowest BCUT2D eigenvalue weighted by Crippen LogP contribution is -2.02. The van der Waals surface area contributed by atoms with E-state index in [0.29, 0.717) is 10.8 Å². The van der Waals surface area contributed by atoms with Gasteiger partial charge in [-0.1, -0.05) is 40.9 Å². The van der Waals surface area contributed by atoms with Gasteiger partial charge >= 0.3 is 0 Å². The van der Waals surface area contributed by atoms with Crippen LogP contribution >= 0.6 is 23.4 Å². The van der Waals surface area contributed by atoms with E-state index < -0.39 is 0 Å². The van der Waals surface area contributed by atoms with Crippen molar-refractivity contribution in [3.63, 3.8) is 0 Å². The summed E-state index contributed by atoms with van der Waals surface area (Å²) in [7, 11) is 0. The standard InChI is InChI=1S/C17H17ClOS/c1-12-7-13(2)9-14(8-12)10-20-11-17(19)15-3-5-16(18)6-4-15/h3-9H,10-11H2,1-2H3. The van der Waals surface area contributed by atoms with Crippen LogP contribution in [0.3, 0.4) is 0 Å². The number of Topliss-reactive ketones (excluding diaryl/α,β-unsaturated/α-hetero) is 1. The van der Waals surface area contributed by atoms with Crippen molar-refractivity contribution in [2.75, 3.05) is 5.75 Å². The Balaban J connectivity index is 1.89. The van der Waals surface area contributed by atoms with Crippen molar-refractivity contribution in [1.29, 1.82) is 0 Å². The SMILES string of the molecule is Cc1cc(C)cc(CSCC(=O)c2ccc(Cl)cc2)c1. The Hall–Kier alpha value is -1.25. The van der Waals surface area contributed by atoms with E-state index in [-0.39, 0.29) is 5.78 Å². The van der Waals surface area contributed by atoms with Gasteiger partial charge in [0.15, 0.2) is 5.78 Å². The molecule has 3 heteroatoms. The van der Waals surface area contributed by atoms with E-state index in [1.165, 1.54) is 16.7 Å². The summed E-state index contributed by atoms with van der Waals surface area (Å²) in [4.78, 5) is 12.0. The van der Waals surface area contributed by atoms with Gasteiger partial charge in [-0.2, -0.15) is 0 Å². The van der Waals surface area contributed by atoms with Gasteiger partial charge in [0.05, 0.1) is 5.75 Å². The third-order valence-electron chi connectivity index (χ3n) is 2.95. The molecule has 0 amide bonds. The van der Waals surface area contributed by atoms with Crippen molar-refractivity contribution in [2.45, 2.75) is 19.6 Å². The number of hydrogen-bond donors (Lipinski definition) is 0. The average Bonchev–Trinajstić information content (AvgIpc) is 2.38. The van der Waals surface area contributed by atoms with Gasteiger partial charge in [-0.15, -0.1) is 11.8 Å². The molecule has 0 saturated carbocycles. The van der Waals surface area contributed by atoms with Crippen molar-refractivity contribution in [3.05, 3.63) is 69.7 Å². The quantitative estimate of drug-likeness (QED) is 0.717. The summed E-state index contributed by atoms with van der Waals surface area (Å²) in [5, 5.41) is 0.657. The molecule has 0 unspecified atom stereocenters. The van der Waals surface area contributed by atoms with Crippen LogP contribution in [0.15, 0.2) is 42.5 Å². The van der Waals surface area contributed by atoms with Gasteiger partial charge in [-0.3, -0.25) is 4.79 Å². The fraction of sp³-hybridized carbons (Fsp3) is 0.235. The third kappa shape index (κ3) is 4.39. The maximum absolute atomic E-state index is 12.0. The molecule has 0 bridgehead atoms. The molecule has 1 nitrogen and oxygen atoms in total.